The van der Waals surface area contributed by atoms with E-state index >= 15 is 0 Å². The van der Waals surface area contributed by atoms with Gasteiger partial charge in [-0.25, -0.2) is 4.98 Å². The number of imidazole rings is 1. The Labute approximate surface area is 74.6 Å². The van der Waals surface area contributed by atoms with Crippen molar-refractivity contribution < 1.29 is 0 Å². The van der Waals surface area contributed by atoms with Crippen molar-refractivity contribution in [3.8, 4) is 0 Å². The van der Waals surface area contributed by atoms with Crippen LogP contribution in [0, 0.1) is 0 Å². The van der Waals surface area contributed by atoms with Gasteiger partial charge in [0.25, 0.3) is 0 Å². The Morgan fingerprint density at radius 3 is 2.25 bits per heavy atom. The molecule has 0 saturated heterocycles. The van der Waals surface area contributed by atoms with Crippen molar-refractivity contribution in [2.24, 2.45) is 0 Å². The summed E-state index contributed by atoms with van der Waals surface area (Å²) in [6, 6.07) is 0. The van der Waals surface area contributed by atoms with Crippen molar-refractivity contribution in [2.75, 3.05) is 0 Å². The average molecular weight is 166 g/mol. The lowest BCUT2D eigenvalue weighted by atomic mass is 10.1. The third kappa shape index (κ3) is 1.68. The molecule has 2 nitrogen and oxygen atoms in total. The number of hydrogen-bond donors (Lipinski definition) is 0. The number of aromatic nitrogens is 2. The van der Waals surface area contributed by atoms with Gasteiger partial charge in [-0.15, -0.1) is 0 Å². The van der Waals surface area contributed by atoms with Crippen LogP contribution in [0.4, 0.5) is 0 Å². The molecule has 1 aromatic rings. The lowest BCUT2D eigenvalue weighted by molar-refractivity contribution is 0.379. The third-order valence-electron chi connectivity index (χ3n) is 1.98. The molecule has 1 rings (SSSR count). The molecule has 1 aromatic heterocycles. The van der Waals surface area contributed by atoms with E-state index in [9.17, 15) is 0 Å². The van der Waals surface area contributed by atoms with Crippen LogP contribution in [0.15, 0.2) is 12.5 Å². The Morgan fingerprint density at radius 1 is 1.33 bits per heavy atom. The van der Waals surface area contributed by atoms with Crippen LogP contribution in [0.1, 0.15) is 46.2 Å². The lowest BCUT2D eigenvalue weighted by Crippen LogP contribution is -2.23. The topological polar surface area (TPSA) is 17.8 Å². The van der Waals surface area contributed by atoms with Gasteiger partial charge < -0.3 is 4.57 Å². The van der Waals surface area contributed by atoms with Gasteiger partial charge in [0, 0.05) is 17.4 Å². The van der Waals surface area contributed by atoms with Gasteiger partial charge in [-0.2, -0.15) is 0 Å². The Bertz CT molecular complexity index is 253. The van der Waals surface area contributed by atoms with Gasteiger partial charge >= 0.3 is 0 Å². The van der Waals surface area contributed by atoms with E-state index in [0.29, 0.717) is 5.92 Å². The highest BCUT2D eigenvalue weighted by Gasteiger charge is 2.17. The Morgan fingerprint density at radius 2 is 1.92 bits per heavy atom. The fourth-order valence-corrected chi connectivity index (χ4v) is 1.29. The van der Waals surface area contributed by atoms with Gasteiger partial charge in [0.1, 0.15) is 0 Å². The average Bonchev–Trinajstić information content (AvgIpc) is 2.30. The monoisotopic (exact) mass is 166 g/mol. The second-order valence-electron chi connectivity index (χ2n) is 4.51. The van der Waals surface area contributed by atoms with Crippen LogP contribution < -0.4 is 0 Å². The van der Waals surface area contributed by atoms with Crippen LogP contribution >= 0.6 is 0 Å². The van der Waals surface area contributed by atoms with Crippen LogP contribution in [-0.2, 0) is 5.54 Å². The molecule has 0 N–H and O–H groups in total. The molecular formula is C10H18N2. The Hall–Kier alpha value is -0.790. The summed E-state index contributed by atoms with van der Waals surface area (Å²) in [7, 11) is 0. The number of hydrogen-bond acceptors (Lipinski definition) is 1. The predicted octanol–water partition coefficient (Wildman–Crippen LogP) is 2.76. The molecule has 0 aliphatic heterocycles. The first-order valence-corrected chi connectivity index (χ1v) is 4.45. The summed E-state index contributed by atoms with van der Waals surface area (Å²) >= 11 is 0. The van der Waals surface area contributed by atoms with E-state index in [0.717, 1.165) is 0 Å². The maximum atomic E-state index is 4.17. The first-order chi connectivity index (χ1) is 5.43. The van der Waals surface area contributed by atoms with E-state index < -0.39 is 0 Å². The zero-order valence-electron chi connectivity index (χ0n) is 8.63. The minimum atomic E-state index is 0.149. The molecule has 0 fully saturated rings. The molecule has 0 unspecified atom stereocenters. The summed E-state index contributed by atoms with van der Waals surface area (Å²) < 4.78 is 2.23. The van der Waals surface area contributed by atoms with Gasteiger partial charge in [0.05, 0.1) is 6.33 Å². The van der Waals surface area contributed by atoms with Crippen molar-refractivity contribution in [1.82, 2.24) is 9.55 Å². The van der Waals surface area contributed by atoms with Crippen LogP contribution in [-0.4, -0.2) is 9.55 Å². The van der Waals surface area contributed by atoms with E-state index in [-0.39, 0.29) is 5.54 Å². The van der Waals surface area contributed by atoms with Crippen molar-refractivity contribution in [3.63, 3.8) is 0 Å². The molecule has 0 saturated carbocycles. The van der Waals surface area contributed by atoms with Gasteiger partial charge in [-0.05, 0) is 26.7 Å². The molecule has 12 heavy (non-hydrogen) atoms. The van der Waals surface area contributed by atoms with E-state index in [2.05, 4.69) is 44.2 Å². The summed E-state index contributed by atoms with van der Waals surface area (Å²) in [5, 5.41) is 0. The smallest absolute Gasteiger partial charge is 0.0953 e. The highest BCUT2D eigenvalue weighted by molar-refractivity contribution is 5.06. The molecular weight excluding hydrogens is 148 g/mol. The van der Waals surface area contributed by atoms with Crippen molar-refractivity contribution in [2.45, 2.75) is 46.1 Å². The summed E-state index contributed by atoms with van der Waals surface area (Å²) in [4.78, 5) is 4.17. The Kier molecular flexibility index (Phi) is 2.27. The molecule has 0 spiro atoms. The molecule has 0 aliphatic rings. The SMILES string of the molecule is CC(C)c1cncn1C(C)(C)C. The minimum absolute atomic E-state index is 0.149. The fourth-order valence-electron chi connectivity index (χ4n) is 1.29. The van der Waals surface area contributed by atoms with Crippen LogP contribution in [0.2, 0.25) is 0 Å². The van der Waals surface area contributed by atoms with E-state index in [4.69, 9.17) is 0 Å². The van der Waals surface area contributed by atoms with Crippen molar-refractivity contribution >= 4 is 0 Å². The molecule has 1 heterocycles. The maximum absolute atomic E-state index is 4.17. The standard InChI is InChI=1S/C10H18N2/c1-8(2)9-6-11-7-12(9)10(3,4)5/h6-8H,1-5H3. The second kappa shape index (κ2) is 2.92. The number of rotatable bonds is 1. The van der Waals surface area contributed by atoms with Crippen LogP contribution in [0.5, 0.6) is 0 Å². The van der Waals surface area contributed by atoms with Crippen molar-refractivity contribution in [3.05, 3.63) is 18.2 Å². The lowest BCUT2D eigenvalue weighted by Gasteiger charge is -2.24. The summed E-state index contributed by atoms with van der Waals surface area (Å²) in [5.74, 6) is 0.548. The van der Waals surface area contributed by atoms with E-state index in [1.54, 1.807) is 0 Å². The quantitative estimate of drug-likeness (QED) is 0.627. The van der Waals surface area contributed by atoms with E-state index in [1.807, 2.05) is 12.5 Å². The van der Waals surface area contributed by atoms with Gasteiger partial charge in [0.15, 0.2) is 0 Å². The largest absolute Gasteiger partial charge is 0.329 e. The zero-order chi connectivity index (χ0) is 9.35. The summed E-state index contributed by atoms with van der Waals surface area (Å²) in [6.07, 6.45) is 3.87. The minimum Gasteiger partial charge on any atom is -0.329 e. The summed E-state index contributed by atoms with van der Waals surface area (Å²) in [5.41, 5.74) is 1.46. The normalized spacial score (nSPS) is 12.5. The summed E-state index contributed by atoms with van der Waals surface area (Å²) in [6.45, 7) is 11.0. The molecule has 0 bridgehead atoms. The third-order valence-corrected chi connectivity index (χ3v) is 1.98. The highest BCUT2D eigenvalue weighted by atomic mass is 15.1. The van der Waals surface area contributed by atoms with Crippen LogP contribution in [0.25, 0.3) is 0 Å². The van der Waals surface area contributed by atoms with Crippen LogP contribution in [0.3, 0.4) is 0 Å². The van der Waals surface area contributed by atoms with Gasteiger partial charge in [-0.3, -0.25) is 0 Å². The predicted molar refractivity (Wildman–Crippen MR) is 51.3 cm³/mol. The molecule has 2 heteroatoms. The first kappa shape index (κ1) is 9.30. The highest BCUT2D eigenvalue weighted by Crippen LogP contribution is 2.21. The Balaban J connectivity index is 3.08. The number of nitrogens with zero attached hydrogens (tertiary/aromatic N) is 2. The molecule has 0 amide bonds. The molecule has 68 valence electrons. The van der Waals surface area contributed by atoms with Gasteiger partial charge in [-0.1, -0.05) is 13.8 Å². The second-order valence-corrected chi connectivity index (χ2v) is 4.51. The maximum Gasteiger partial charge on any atom is 0.0953 e. The van der Waals surface area contributed by atoms with Crippen molar-refractivity contribution in [1.29, 1.82) is 0 Å². The molecule has 0 aromatic carbocycles. The molecule has 0 atom stereocenters. The molecule has 0 aliphatic carbocycles. The first-order valence-electron chi connectivity index (χ1n) is 4.45. The van der Waals surface area contributed by atoms with E-state index in [1.165, 1.54) is 5.69 Å². The zero-order valence-corrected chi connectivity index (χ0v) is 8.63. The van der Waals surface area contributed by atoms with Gasteiger partial charge in [0.2, 0.25) is 0 Å². The fraction of sp³-hybridized carbons (Fsp3) is 0.700. The molecule has 0 radical (unpaired) electrons.